The number of carbonyl (C=O) groups is 1. The SMILES string of the molecule is Cn1cc(Br)cc1C(=O)NNS(=O)(=O)c1ccccc1. The lowest BCUT2D eigenvalue weighted by atomic mass is 10.4. The van der Waals surface area contributed by atoms with Crippen LogP contribution in [0.3, 0.4) is 0 Å². The van der Waals surface area contributed by atoms with Crippen molar-refractivity contribution in [3.63, 3.8) is 0 Å². The second-order valence-corrected chi connectivity index (χ2v) is 6.63. The highest BCUT2D eigenvalue weighted by atomic mass is 79.9. The average molecular weight is 358 g/mol. The quantitative estimate of drug-likeness (QED) is 0.811. The minimum Gasteiger partial charge on any atom is -0.345 e. The molecule has 0 bridgehead atoms. The predicted molar refractivity (Wildman–Crippen MR) is 77.3 cm³/mol. The molecule has 0 unspecified atom stereocenters. The molecule has 1 heterocycles. The first-order valence-corrected chi connectivity index (χ1v) is 7.87. The van der Waals surface area contributed by atoms with Crippen LogP contribution in [0.4, 0.5) is 0 Å². The Kier molecular flexibility index (Phi) is 4.26. The van der Waals surface area contributed by atoms with E-state index >= 15 is 0 Å². The van der Waals surface area contributed by atoms with E-state index in [9.17, 15) is 13.2 Å². The standard InChI is InChI=1S/C12H12BrN3O3S/c1-16-8-9(13)7-11(16)12(17)14-15-20(18,19)10-5-3-2-4-6-10/h2-8,15H,1H3,(H,14,17). The van der Waals surface area contributed by atoms with Crippen LogP contribution in [-0.2, 0) is 17.1 Å². The van der Waals surface area contributed by atoms with Crippen molar-refractivity contribution in [1.82, 2.24) is 14.8 Å². The highest BCUT2D eigenvalue weighted by Crippen LogP contribution is 2.13. The summed E-state index contributed by atoms with van der Waals surface area (Å²) < 4.78 is 26.1. The molecule has 1 aromatic heterocycles. The Morgan fingerprint density at radius 3 is 2.45 bits per heavy atom. The summed E-state index contributed by atoms with van der Waals surface area (Å²) >= 11 is 3.24. The van der Waals surface area contributed by atoms with Crippen molar-refractivity contribution < 1.29 is 13.2 Å². The number of sulfonamides is 1. The molecule has 0 saturated carbocycles. The largest absolute Gasteiger partial charge is 0.345 e. The summed E-state index contributed by atoms with van der Waals surface area (Å²) in [6.07, 6.45) is 1.70. The second kappa shape index (κ2) is 5.78. The molecule has 1 aromatic carbocycles. The third-order valence-corrected chi connectivity index (χ3v) is 4.25. The lowest BCUT2D eigenvalue weighted by Gasteiger charge is -2.08. The van der Waals surface area contributed by atoms with Gasteiger partial charge in [0, 0.05) is 17.7 Å². The second-order valence-electron chi connectivity index (χ2n) is 4.03. The lowest BCUT2D eigenvalue weighted by molar-refractivity contribution is 0.0937. The van der Waals surface area contributed by atoms with Gasteiger partial charge in [-0.05, 0) is 34.1 Å². The molecule has 0 saturated heterocycles. The van der Waals surface area contributed by atoms with Gasteiger partial charge in [-0.2, -0.15) is 0 Å². The molecule has 0 fully saturated rings. The fourth-order valence-electron chi connectivity index (χ4n) is 1.59. The van der Waals surface area contributed by atoms with Crippen molar-refractivity contribution in [3.8, 4) is 0 Å². The van der Waals surface area contributed by atoms with E-state index in [1.807, 2.05) is 0 Å². The highest BCUT2D eigenvalue weighted by molar-refractivity contribution is 9.10. The first kappa shape index (κ1) is 14.8. The molecule has 8 heteroatoms. The maximum atomic E-state index is 11.9. The van der Waals surface area contributed by atoms with Gasteiger partial charge in [-0.25, -0.2) is 8.42 Å². The number of benzene rings is 1. The summed E-state index contributed by atoms with van der Waals surface area (Å²) in [6.45, 7) is 0. The van der Waals surface area contributed by atoms with Gasteiger partial charge in [0.25, 0.3) is 15.9 Å². The first-order valence-electron chi connectivity index (χ1n) is 5.59. The molecule has 1 amide bonds. The zero-order chi connectivity index (χ0) is 14.8. The lowest BCUT2D eigenvalue weighted by Crippen LogP contribution is -2.42. The van der Waals surface area contributed by atoms with Crippen molar-refractivity contribution in [3.05, 3.63) is 52.8 Å². The van der Waals surface area contributed by atoms with Crippen LogP contribution in [0.25, 0.3) is 0 Å². The first-order chi connectivity index (χ1) is 9.40. The minimum absolute atomic E-state index is 0.0772. The van der Waals surface area contributed by atoms with Crippen molar-refractivity contribution in [2.75, 3.05) is 0 Å². The average Bonchev–Trinajstić information content (AvgIpc) is 2.76. The van der Waals surface area contributed by atoms with Crippen molar-refractivity contribution in [2.24, 2.45) is 7.05 Å². The van der Waals surface area contributed by atoms with E-state index in [1.165, 1.54) is 12.1 Å². The Balaban J connectivity index is 2.09. The Hall–Kier alpha value is -1.64. The van der Waals surface area contributed by atoms with Crippen molar-refractivity contribution in [1.29, 1.82) is 0 Å². The van der Waals surface area contributed by atoms with Crippen molar-refractivity contribution in [2.45, 2.75) is 4.90 Å². The number of halogens is 1. The number of hydrogen-bond donors (Lipinski definition) is 2. The van der Waals surface area contributed by atoms with Gasteiger partial charge < -0.3 is 4.57 Å². The summed E-state index contributed by atoms with van der Waals surface area (Å²) in [5, 5.41) is 0. The van der Waals surface area contributed by atoms with Gasteiger partial charge >= 0.3 is 0 Å². The Morgan fingerprint density at radius 2 is 1.90 bits per heavy atom. The van der Waals surface area contributed by atoms with Gasteiger partial charge in [0.2, 0.25) is 0 Å². The smallest absolute Gasteiger partial charge is 0.282 e. The molecular formula is C12H12BrN3O3S. The van der Waals surface area contributed by atoms with Gasteiger partial charge in [0.1, 0.15) is 5.69 Å². The Morgan fingerprint density at radius 1 is 1.25 bits per heavy atom. The molecule has 0 atom stereocenters. The van der Waals surface area contributed by atoms with Crippen LogP contribution in [0.5, 0.6) is 0 Å². The molecule has 0 aliphatic carbocycles. The topological polar surface area (TPSA) is 80.2 Å². The van der Waals surface area contributed by atoms with Gasteiger partial charge in [-0.15, -0.1) is 4.83 Å². The molecular weight excluding hydrogens is 346 g/mol. The van der Waals surface area contributed by atoms with Crippen molar-refractivity contribution >= 4 is 31.9 Å². The molecule has 0 aliphatic heterocycles. The molecule has 2 rings (SSSR count). The van der Waals surface area contributed by atoms with E-state index in [0.717, 1.165) is 4.47 Å². The van der Waals surface area contributed by atoms with Crippen LogP contribution in [0, 0.1) is 0 Å². The number of hydrazine groups is 1. The third-order valence-electron chi connectivity index (χ3n) is 2.56. The van der Waals surface area contributed by atoms with Crippen LogP contribution < -0.4 is 10.3 Å². The van der Waals surface area contributed by atoms with E-state index in [4.69, 9.17) is 0 Å². The van der Waals surface area contributed by atoms with E-state index in [2.05, 4.69) is 26.2 Å². The van der Waals surface area contributed by atoms with Gasteiger partial charge in [-0.1, -0.05) is 18.2 Å². The van der Waals surface area contributed by atoms with Crippen LogP contribution in [0.2, 0.25) is 0 Å². The summed E-state index contributed by atoms with van der Waals surface area (Å²) in [4.78, 5) is 14.0. The van der Waals surface area contributed by atoms with Gasteiger partial charge in [0.15, 0.2) is 0 Å². The molecule has 2 aromatic rings. The molecule has 106 valence electrons. The van der Waals surface area contributed by atoms with E-state index in [1.54, 1.807) is 42.1 Å². The van der Waals surface area contributed by atoms with Crippen LogP contribution in [0.1, 0.15) is 10.5 Å². The fourth-order valence-corrected chi connectivity index (χ4v) is 2.97. The zero-order valence-electron chi connectivity index (χ0n) is 10.5. The number of nitrogens with one attached hydrogen (secondary N) is 2. The van der Waals surface area contributed by atoms with E-state index in [-0.39, 0.29) is 4.90 Å². The Labute approximate surface area is 124 Å². The predicted octanol–water partition coefficient (Wildman–Crippen LogP) is 1.41. The van der Waals surface area contributed by atoms with Crippen LogP contribution >= 0.6 is 15.9 Å². The van der Waals surface area contributed by atoms with E-state index < -0.39 is 15.9 Å². The number of aromatic nitrogens is 1. The Bertz CT molecular complexity index is 726. The molecule has 0 aliphatic rings. The van der Waals surface area contributed by atoms with Crippen LogP contribution in [-0.4, -0.2) is 18.9 Å². The maximum absolute atomic E-state index is 11.9. The number of hydrogen-bond acceptors (Lipinski definition) is 3. The number of aryl methyl sites for hydroxylation is 1. The van der Waals surface area contributed by atoms with Gasteiger partial charge in [-0.3, -0.25) is 10.2 Å². The molecule has 20 heavy (non-hydrogen) atoms. The summed E-state index contributed by atoms with van der Waals surface area (Å²) in [7, 11) is -2.09. The molecule has 0 radical (unpaired) electrons. The highest BCUT2D eigenvalue weighted by Gasteiger charge is 2.16. The molecule has 0 spiro atoms. The van der Waals surface area contributed by atoms with E-state index in [0.29, 0.717) is 5.69 Å². The number of amides is 1. The van der Waals surface area contributed by atoms with Gasteiger partial charge in [0.05, 0.1) is 4.90 Å². The number of carbonyl (C=O) groups excluding carboxylic acids is 1. The number of rotatable bonds is 4. The summed E-state index contributed by atoms with van der Waals surface area (Å²) in [6, 6.07) is 9.38. The normalized spacial score (nSPS) is 11.3. The molecule has 6 nitrogen and oxygen atoms in total. The third kappa shape index (κ3) is 3.27. The fraction of sp³-hybridized carbons (Fsp3) is 0.0833. The summed E-state index contributed by atoms with van der Waals surface area (Å²) in [5.41, 5.74) is 2.50. The van der Waals surface area contributed by atoms with Crippen LogP contribution in [0.15, 0.2) is 52.0 Å². The zero-order valence-corrected chi connectivity index (χ0v) is 12.9. The molecule has 2 N–H and O–H groups in total. The minimum atomic E-state index is -3.77. The number of nitrogens with zero attached hydrogens (tertiary/aromatic N) is 1. The summed E-state index contributed by atoms with van der Waals surface area (Å²) in [5.74, 6) is -0.544. The monoisotopic (exact) mass is 357 g/mol. The maximum Gasteiger partial charge on any atom is 0.282 e.